The molecule has 1 saturated carbocycles. The second kappa shape index (κ2) is 6.09. The summed E-state index contributed by atoms with van der Waals surface area (Å²) >= 11 is 0. The van der Waals surface area contributed by atoms with Crippen molar-refractivity contribution in [2.24, 2.45) is 5.92 Å². The first-order valence-corrected chi connectivity index (χ1v) is 9.19. The normalized spacial score (nSPS) is 32.0. The van der Waals surface area contributed by atoms with Crippen LogP contribution in [0, 0.1) is 5.92 Å². The molecular formula is C21H30O3. The van der Waals surface area contributed by atoms with Gasteiger partial charge in [-0.05, 0) is 67.1 Å². The molecule has 0 aromatic heterocycles. The average molecular weight is 330 g/mol. The third kappa shape index (κ3) is 2.44. The van der Waals surface area contributed by atoms with Crippen molar-refractivity contribution in [3.8, 4) is 5.75 Å². The van der Waals surface area contributed by atoms with Crippen LogP contribution in [0.1, 0.15) is 76.0 Å². The minimum atomic E-state index is -0.351. The smallest absolute Gasteiger partial charge is 0.293 e. The lowest BCUT2D eigenvalue weighted by Crippen LogP contribution is -2.54. The first kappa shape index (κ1) is 17.3. The van der Waals surface area contributed by atoms with Crippen LogP contribution in [-0.4, -0.2) is 19.2 Å². The van der Waals surface area contributed by atoms with Gasteiger partial charge in [-0.3, -0.25) is 4.79 Å². The Labute approximate surface area is 145 Å². The summed E-state index contributed by atoms with van der Waals surface area (Å²) in [5.41, 5.74) is 3.77. The van der Waals surface area contributed by atoms with Crippen LogP contribution in [0.3, 0.4) is 0 Å². The number of ether oxygens (including phenoxy) is 2. The van der Waals surface area contributed by atoms with Crippen LogP contribution in [-0.2, 0) is 21.4 Å². The van der Waals surface area contributed by atoms with E-state index in [0.717, 1.165) is 37.9 Å². The molecule has 0 heterocycles. The van der Waals surface area contributed by atoms with Gasteiger partial charge in [-0.2, -0.15) is 0 Å². The maximum absolute atomic E-state index is 11.1. The molecule has 0 unspecified atom stereocenters. The van der Waals surface area contributed by atoms with E-state index in [9.17, 15) is 4.79 Å². The lowest BCUT2D eigenvalue weighted by atomic mass is 9.53. The van der Waals surface area contributed by atoms with Gasteiger partial charge in [-0.1, -0.05) is 32.9 Å². The zero-order chi connectivity index (χ0) is 17.5. The highest BCUT2D eigenvalue weighted by Crippen LogP contribution is 2.56. The quantitative estimate of drug-likeness (QED) is 0.747. The van der Waals surface area contributed by atoms with E-state index in [-0.39, 0.29) is 11.0 Å². The molecule has 0 spiro atoms. The van der Waals surface area contributed by atoms with E-state index < -0.39 is 0 Å². The molecule has 0 N–H and O–H groups in total. The predicted octanol–water partition coefficient (Wildman–Crippen LogP) is 4.75. The summed E-state index contributed by atoms with van der Waals surface area (Å²) in [4.78, 5) is 11.1. The van der Waals surface area contributed by atoms with Gasteiger partial charge in [0.1, 0.15) is 11.4 Å². The topological polar surface area (TPSA) is 35.5 Å². The number of carbonyl (C=O) groups excluding carboxylic acids is 1. The maximum Gasteiger partial charge on any atom is 0.293 e. The molecule has 132 valence electrons. The number of methoxy groups -OCH3 is 1. The van der Waals surface area contributed by atoms with Crippen molar-refractivity contribution in [2.45, 2.75) is 76.7 Å². The zero-order valence-corrected chi connectivity index (χ0v) is 15.6. The van der Waals surface area contributed by atoms with E-state index in [1.807, 2.05) is 0 Å². The Hall–Kier alpha value is -1.51. The van der Waals surface area contributed by atoms with Gasteiger partial charge in [0, 0.05) is 5.92 Å². The summed E-state index contributed by atoms with van der Waals surface area (Å²) < 4.78 is 11.5. The minimum absolute atomic E-state index is 0.0480. The number of hydrogen-bond acceptors (Lipinski definition) is 3. The van der Waals surface area contributed by atoms with E-state index in [4.69, 9.17) is 9.47 Å². The lowest BCUT2D eigenvalue weighted by molar-refractivity contribution is -0.158. The van der Waals surface area contributed by atoms with E-state index in [1.165, 1.54) is 16.7 Å². The Morgan fingerprint density at radius 2 is 2.00 bits per heavy atom. The van der Waals surface area contributed by atoms with Crippen molar-refractivity contribution >= 4 is 6.47 Å². The van der Waals surface area contributed by atoms with Crippen molar-refractivity contribution in [1.82, 2.24) is 0 Å². The zero-order valence-electron chi connectivity index (χ0n) is 15.6. The molecule has 24 heavy (non-hydrogen) atoms. The molecule has 0 aliphatic heterocycles. The van der Waals surface area contributed by atoms with Gasteiger partial charge in [-0.25, -0.2) is 0 Å². The SMILES string of the molecule is COc1c(C(C)C)ccc2c1CC[C@H]1[C@](C)(OC=O)CCC[C@]21C. The molecule has 3 nitrogen and oxygen atoms in total. The molecule has 3 atom stereocenters. The third-order valence-corrected chi connectivity index (χ3v) is 6.61. The highest BCUT2D eigenvalue weighted by atomic mass is 16.5. The summed E-state index contributed by atoms with van der Waals surface area (Å²) in [6.45, 7) is 9.55. The Bertz CT molecular complexity index is 636. The van der Waals surface area contributed by atoms with Gasteiger partial charge in [0.2, 0.25) is 0 Å². The van der Waals surface area contributed by atoms with Crippen LogP contribution >= 0.6 is 0 Å². The van der Waals surface area contributed by atoms with E-state index in [1.54, 1.807) is 7.11 Å². The van der Waals surface area contributed by atoms with Crippen LogP contribution < -0.4 is 4.74 Å². The third-order valence-electron chi connectivity index (χ3n) is 6.61. The Kier molecular flexibility index (Phi) is 4.39. The number of fused-ring (bicyclic) bond motifs is 3. The first-order chi connectivity index (χ1) is 11.4. The predicted molar refractivity (Wildman–Crippen MR) is 95.7 cm³/mol. The maximum atomic E-state index is 11.1. The van der Waals surface area contributed by atoms with Crippen LogP contribution in [0.4, 0.5) is 0 Å². The molecule has 1 fully saturated rings. The van der Waals surface area contributed by atoms with Gasteiger partial charge in [0.25, 0.3) is 6.47 Å². The molecule has 3 rings (SSSR count). The fraction of sp³-hybridized carbons (Fsp3) is 0.667. The summed E-state index contributed by atoms with van der Waals surface area (Å²) in [5.74, 6) is 1.89. The van der Waals surface area contributed by atoms with Gasteiger partial charge < -0.3 is 9.47 Å². The largest absolute Gasteiger partial charge is 0.496 e. The Morgan fingerprint density at radius 1 is 1.25 bits per heavy atom. The standard InChI is InChI=1S/C21H30O3/c1-14(2)15-7-9-17-16(19(15)23-5)8-10-18-20(17,3)11-6-12-21(18,4)24-13-22/h7,9,13-14,18H,6,8,10-12H2,1-5H3/t18-,20-,21-/m1/s1. The highest BCUT2D eigenvalue weighted by molar-refractivity contribution is 5.53. The molecule has 2 aliphatic carbocycles. The van der Waals surface area contributed by atoms with Gasteiger partial charge in [-0.15, -0.1) is 0 Å². The van der Waals surface area contributed by atoms with Crippen molar-refractivity contribution < 1.29 is 14.3 Å². The fourth-order valence-corrected chi connectivity index (χ4v) is 5.44. The first-order valence-electron chi connectivity index (χ1n) is 9.19. The van der Waals surface area contributed by atoms with Gasteiger partial charge >= 0.3 is 0 Å². The van der Waals surface area contributed by atoms with Crippen LogP contribution in [0.2, 0.25) is 0 Å². The van der Waals surface area contributed by atoms with Gasteiger partial charge in [0.05, 0.1) is 7.11 Å². The van der Waals surface area contributed by atoms with Crippen molar-refractivity contribution in [1.29, 1.82) is 0 Å². The molecule has 0 amide bonds. The number of benzene rings is 1. The summed E-state index contributed by atoms with van der Waals surface area (Å²) in [7, 11) is 1.79. The van der Waals surface area contributed by atoms with Crippen LogP contribution in [0.25, 0.3) is 0 Å². The van der Waals surface area contributed by atoms with Gasteiger partial charge in [0.15, 0.2) is 0 Å². The molecule has 1 aromatic carbocycles. The molecule has 0 bridgehead atoms. The van der Waals surface area contributed by atoms with Crippen LogP contribution in [0.5, 0.6) is 5.75 Å². The molecular weight excluding hydrogens is 300 g/mol. The summed E-state index contributed by atoms with van der Waals surface area (Å²) in [6, 6.07) is 4.55. The number of hydrogen-bond donors (Lipinski definition) is 0. The number of carbonyl (C=O) groups is 1. The summed E-state index contributed by atoms with van der Waals surface area (Å²) in [5, 5.41) is 0. The highest BCUT2D eigenvalue weighted by Gasteiger charge is 2.53. The molecule has 3 heteroatoms. The minimum Gasteiger partial charge on any atom is -0.496 e. The Balaban J connectivity index is 2.12. The fourth-order valence-electron chi connectivity index (χ4n) is 5.44. The second-order valence-electron chi connectivity index (χ2n) is 8.26. The van der Waals surface area contributed by atoms with Crippen LogP contribution in [0.15, 0.2) is 12.1 Å². The van der Waals surface area contributed by atoms with E-state index in [2.05, 4.69) is 39.8 Å². The van der Waals surface area contributed by atoms with E-state index in [0.29, 0.717) is 18.3 Å². The summed E-state index contributed by atoms with van der Waals surface area (Å²) in [6.07, 6.45) is 5.24. The lowest BCUT2D eigenvalue weighted by Gasteiger charge is -2.54. The molecule has 0 radical (unpaired) electrons. The average Bonchev–Trinajstić information content (AvgIpc) is 2.53. The van der Waals surface area contributed by atoms with E-state index >= 15 is 0 Å². The van der Waals surface area contributed by atoms with Crippen molar-refractivity contribution in [2.75, 3.05) is 7.11 Å². The number of rotatable bonds is 4. The van der Waals surface area contributed by atoms with Crippen molar-refractivity contribution in [3.63, 3.8) is 0 Å². The Morgan fingerprint density at radius 3 is 2.62 bits per heavy atom. The monoisotopic (exact) mass is 330 g/mol. The van der Waals surface area contributed by atoms with Crippen molar-refractivity contribution in [3.05, 3.63) is 28.8 Å². The molecule has 1 aromatic rings. The molecule has 2 aliphatic rings. The molecule has 0 saturated heterocycles. The second-order valence-corrected chi connectivity index (χ2v) is 8.26.